The minimum absolute atomic E-state index is 0.0798. The van der Waals surface area contributed by atoms with Crippen LogP contribution in [0.25, 0.3) is 0 Å². The van der Waals surface area contributed by atoms with Crippen LogP contribution in [-0.2, 0) is 16.0 Å². The van der Waals surface area contributed by atoms with Crippen molar-refractivity contribution in [2.24, 2.45) is 0 Å². The third kappa shape index (κ3) is 3.73. The molecule has 1 rings (SSSR count). The summed E-state index contributed by atoms with van der Waals surface area (Å²) in [4.78, 5) is 23.3. The van der Waals surface area contributed by atoms with E-state index >= 15 is 0 Å². The van der Waals surface area contributed by atoms with Crippen molar-refractivity contribution >= 4 is 28.2 Å². The van der Waals surface area contributed by atoms with Gasteiger partial charge >= 0.3 is 5.97 Å². The maximum absolute atomic E-state index is 11.9. The highest BCUT2D eigenvalue weighted by Gasteiger charge is 2.19. The van der Waals surface area contributed by atoms with E-state index in [1.807, 2.05) is 6.92 Å². The minimum atomic E-state index is -0.347. The summed E-state index contributed by atoms with van der Waals surface area (Å²) < 4.78 is 4.86. The van der Waals surface area contributed by atoms with Gasteiger partial charge in [-0.15, -0.1) is 11.3 Å². The Kier molecular flexibility index (Phi) is 5.64. The minimum Gasteiger partial charge on any atom is -0.466 e. The van der Waals surface area contributed by atoms with Gasteiger partial charge in [0.05, 0.1) is 23.6 Å². The first-order valence-electron chi connectivity index (χ1n) is 5.89. The van der Waals surface area contributed by atoms with Crippen molar-refractivity contribution in [2.75, 3.05) is 18.9 Å². The molecule has 0 aliphatic rings. The lowest BCUT2D eigenvalue weighted by Gasteiger charge is -2.06. The molecule has 1 heterocycles. The lowest BCUT2D eigenvalue weighted by atomic mass is 10.1. The molecule has 100 valence electrons. The topological polar surface area (TPSA) is 81.4 Å². The predicted molar refractivity (Wildman–Crippen MR) is 71.7 cm³/mol. The highest BCUT2D eigenvalue weighted by Crippen LogP contribution is 2.25. The Morgan fingerprint density at radius 2 is 2.17 bits per heavy atom. The number of nitrogen functional groups attached to an aromatic ring is 1. The highest BCUT2D eigenvalue weighted by atomic mass is 32.1. The van der Waals surface area contributed by atoms with Crippen LogP contribution in [0, 0.1) is 0 Å². The van der Waals surface area contributed by atoms with Gasteiger partial charge < -0.3 is 15.8 Å². The number of nitrogens with two attached hydrogens (primary N) is 1. The number of esters is 1. The molecule has 0 aliphatic carbocycles. The van der Waals surface area contributed by atoms with Crippen LogP contribution in [0.3, 0.4) is 0 Å². The normalized spacial score (nSPS) is 10.1. The fraction of sp³-hybridized carbons (Fsp3) is 0.500. The average Bonchev–Trinajstić information content (AvgIpc) is 2.67. The Bertz CT molecular complexity index is 429. The third-order valence-corrected chi connectivity index (χ3v) is 3.16. The summed E-state index contributed by atoms with van der Waals surface area (Å²) in [6.07, 6.45) is 0.930. The van der Waals surface area contributed by atoms with Crippen molar-refractivity contribution in [2.45, 2.75) is 26.7 Å². The summed E-state index contributed by atoms with van der Waals surface area (Å²) in [5.41, 5.74) is 6.80. The van der Waals surface area contributed by atoms with Crippen molar-refractivity contribution in [3.8, 4) is 0 Å². The van der Waals surface area contributed by atoms with Crippen LogP contribution in [0.2, 0.25) is 0 Å². The Hall–Kier alpha value is -1.56. The van der Waals surface area contributed by atoms with Gasteiger partial charge in [0.1, 0.15) is 0 Å². The van der Waals surface area contributed by atoms with Crippen LogP contribution in [0.15, 0.2) is 5.38 Å². The molecule has 0 radical (unpaired) electrons. The van der Waals surface area contributed by atoms with Crippen molar-refractivity contribution < 1.29 is 14.3 Å². The second-order valence-corrected chi connectivity index (χ2v) is 4.65. The first kappa shape index (κ1) is 14.5. The van der Waals surface area contributed by atoms with Crippen molar-refractivity contribution in [1.29, 1.82) is 0 Å². The van der Waals surface area contributed by atoms with E-state index < -0.39 is 0 Å². The van der Waals surface area contributed by atoms with Gasteiger partial charge in [-0.2, -0.15) is 0 Å². The largest absolute Gasteiger partial charge is 0.466 e. The van der Waals surface area contributed by atoms with Gasteiger partial charge in [0.25, 0.3) is 5.91 Å². The Labute approximate surface area is 110 Å². The van der Waals surface area contributed by atoms with Gasteiger partial charge in [0.2, 0.25) is 0 Å². The maximum Gasteiger partial charge on any atom is 0.310 e. The molecule has 3 N–H and O–H groups in total. The SMILES string of the molecule is CCCNC(=O)c1c(CC(=O)OCC)csc1N. The van der Waals surface area contributed by atoms with Gasteiger partial charge in [-0.1, -0.05) is 6.92 Å². The van der Waals surface area contributed by atoms with E-state index in [-0.39, 0.29) is 18.3 Å². The molecule has 18 heavy (non-hydrogen) atoms. The van der Waals surface area contributed by atoms with Gasteiger partial charge in [-0.25, -0.2) is 0 Å². The fourth-order valence-electron chi connectivity index (χ4n) is 1.49. The van der Waals surface area contributed by atoms with E-state index in [1.54, 1.807) is 12.3 Å². The summed E-state index contributed by atoms with van der Waals surface area (Å²) in [7, 11) is 0. The number of anilines is 1. The van der Waals surface area contributed by atoms with Crippen LogP contribution < -0.4 is 11.1 Å². The number of rotatable bonds is 6. The van der Waals surface area contributed by atoms with E-state index in [4.69, 9.17) is 10.5 Å². The molecule has 1 aromatic heterocycles. The second-order valence-electron chi connectivity index (χ2n) is 3.74. The van der Waals surface area contributed by atoms with Crippen LogP contribution >= 0.6 is 11.3 Å². The van der Waals surface area contributed by atoms with Crippen molar-refractivity contribution in [1.82, 2.24) is 5.32 Å². The molecule has 0 saturated carbocycles. The zero-order chi connectivity index (χ0) is 13.5. The third-order valence-electron chi connectivity index (χ3n) is 2.30. The quantitative estimate of drug-likeness (QED) is 0.769. The smallest absolute Gasteiger partial charge is 0.310 e. The number of hydrogen-bond donors (Lipinski definition) is 2. The van der Waals surface area contributed by atoms with E-state index in [2.05, 4.69) is 5.32 Å². The monoisotopic (exact) mass is 270 g/mol. The number of carbonyl (C=O) groups is 2. The number of ether oxygens (including phenoxy) is 1. The molecule has 0 fully saturated rings. The molecular formula is C12H18N2O3S. The molecule has 0 saturated heterocycles. The first-order valence-corrected chi connectivity index (χ1v) is 6.77. The summed E-state index contributed by atoms with van der Waals surface area (Å²) in [6, 6.07) is 0. The lowest BCUT2D eigenvalue weighted by Crippen LogP contribution is -2.25. The van der Waals surface area contributed by atoms with E-state index in [0.717, 1.165) is 6.42 Å². The molecule has 5 nitrogen and oxygen atoms in total. The van der Waals surface area contributed by atoms with Crippen LogP contribution in [0.1, 0.15) is 36.2 Å². The Morgan fingerprint density at radius 3 is 2.78 bits per heavy atom. The van der Waals surface area contributed by atoms with E-state index in [9.17, 15) is 9.59 Å². The molecule has 0 spiro atoms. The molecule has 0 unspecified atom stereocenters. The van der Waals surface area contributed by atoms with Gasteiger partial charge in [-0.3, -0.25) is 9.59 Å². The molecular weight excluding hydrogens is 252 g/mol. The lowest BCUT2D eigenvalue weighted by molar-refractivity contribution is -0.142. The summed E-state index contributed by atoms with van der Waals surface area (Å²) >= 11 is 1.26. The fourth-order valence-corrected chi connectivity index (χ4v) is 2.30. The summed E-state index contributed by atoms with van der Waals surface area (Å²) in [5, 5.41) is 4.92. The number of thiophene rings is 1. The molecule has 0 aromatic carbocycles. The molecule has 0 bridgehead atoms. The van der Waals surface area contributed by atoms with Gasteiger partial charge in [0, 0.05) is 6.54 Å². The molecule has 1 aromatic rings. The van der Waals surface area contributed by atoms with Gasteiger partial charge in [-0.05, 0) is 24.3 Å². The molecule has 6 heteroatoms. The number of hydrogen-bond acceptors (Lipinski definition) is 5. The number of carbonyl (C=O) groups excluding carboxylic acids is 2. The van der Waals surface area contributed by atoms with Gasteiger partial charge in [0.15, 0.2) is 0 Å². The summed E-state index contributed by atoms with van der Waals surface area (Å²) in [6.45, 7) is 4.63. The van der Waals surface area contributed by atoms with Crippen molar-refractivity contribution in [3.63, 3.8) is 0 Å². The average molecular weight is 270 g/mol. The van der Waals surface area contributed by atoms with Crippen molar-refractivity contribution in [3.05, 3.63) is 16.5 Å². The molecule has 0 aliphatic heterocycles. The number of nitrogens with one attached hydrogen (secondary N) is 1. The van der Waals surface area contributed by atoms with E-state index in [0.29, 0.717) is 29.3 Å². The van der Waals surface area contributed by atoms with Crippen LogP contribution in [0.5, 0.6) is 0 Å². The predicted octanol–water partition coefficient (Wildman–Crippen LogP) is 1.58. The van der Waals surface area contributed by atoms with Crippen LogP contribution in [0.4, 0.5) is 5.00 Å². The zero-order valence-electron chi connectivity index (χ0n) is 10.6. The standard InChI is InChI=1S/C12H18N2O3S/c1-3-5-14-12(16)10-8(7-18-11(10)13)6-9(15)17-4-2/h7H,3-6,13H2,1-2H3,(H,14,16). The molecule has 1 amide bonds. The second kappa shape index (κ2) is 7.00. The maximum atomic E-state index is 11.9. The number of amides is 1. The first-order chi connectivity index (χ1) is 8.60. The van der Waals surface area contributed by atoms with Crippen LogP contribution in [-0.4, -0.2) is 25.0 Å². The molecule has 0 atom stereocenters. The zero-order valence-corrected chi connectivity index (χ0v) is 11.4. The Morgan fingerprint density at radius 1 is 1.44 bits per heavy atom. The Balaban J connectivity index is 2.80. The summed E-state index contributed by atoms with van der Waals surface area (Å²) in [5.74, 6) is -0.574. The highest BCUT2D eigenvalue weighted by molar-refractivity contribution is 7.14. The van der Waals surface area contributed by atoms with E-state index in [1.165, 1.54) is 11.3 Å².